The molecular weight excluding hydrogens is 378 g/mol. The third kappa shape index (κ3) is 3.37. The minimum absolute atomic E-state index is 0.174. The first-order chi connectivity index (χ1) is 13.3. The minimum Gasteiger partial charge on any atom is -0.493 e. The molecule has 2 aromatic rings. The van der Waals surface area contributed by atoms with Gasteiger partial charge in [0, 0.05) is 43.9 Å². The Bertz CT molecular complexity index is 986. The van der Waals surface area contributed by atoms with Crippen molar-refractivity contribution >= 4 is 26.5 Å². The highest BCUT2D eigenvalue weighted by molar-refractivity contribution is 7.89. The Labute approximate surface area is 165 Å². The molecule has 0 radical (unpaired) electrons. The normalized spacial score (nSPS) is 21.8. The SMILES string of the molecule is COc1cc2nncc(N3CCC4(CC3)CCN([S@](C)(=N)=O)C4)c2cc1OC. The van der Waals surface area contributed by atoms with Gasteiger partial charge in [-0.15, -0.1) is 0 Å². The number of benzene rings is 1. The molecule has 1 aromatic heterocycles. The molecule has 2 aliphatic rings. The summed E-state index contributed by atoms with van der Waals surface area (Å²) < 4.78 is 32.7. The molecule has 1 spiro atoms. The molecule has 0 bridgehead atoms. The summed E-state index contributed by atoms with van der Waals surface area (Å²) in [6, 6.07) is 3.82. The number of hydrogen-bond acceptors (Lipinski definition) is 7. The van der Waals surface area contributed by atoms with Gasteiger partial charge in [0.05, 0.1) is 31.6 Å². The topological polar surface area (TPSA) is 91.6 Å². The Morgan fingerprint density at radius 1 is 1.11 bits per heavy atom. The first-order valence-corrected chi connectivity index (χ1v) is 11.4. The maximum Gasteiger partial charge on any atom is 0.162 e. The van der Waals surface area contributed by atoms with Crippen LogP contribution in [-0.2, 0) is 9.92 Å². The van der Waals surface area contributed by atoms with Crippen LogP contribution in [0, 0.1) is 10.2 Å². The Kier molecular flexibility index (Phi) is 4.83. The molecule has 1 atom stereocenters. The first kappa shape index (κ1) is 19.2. The molecule has 8 nitrogen and oxygen atoms in total. The van der Waals surface area contributed by atoms with E-state index in [0.29, 0.717) is 11.5 Å². The molecule has 3 heterocycles. The van der Waals surface area contributed by atoms with Crippen molar-refractivity contribution in [1.29, 1.82) is 4.78 Å². The van der Waals surface area contributed by atoms with Crippen LogP contribution in [0.25, 0.3) is 10.9 Å². The summed E-state index contributed by atoms with van der Waals surface area (Å²) in [5, 5.41) is 9.45. The summed E-state index contributed by atoms with van der Waals surface area (Å²) in [5.74, 6) is 1.32. The van der Waals surface area contributed by atoms with Crippen molar-refractivity contribution in [3.63, 3.8) is 0 Å². The van der Waals surface area contributed by atoms with Gasteiger partial charge >= 0.3 is 0 Å². The van der Waals surface area contributed by atoms with Crippen molar-refractivity contribution < 1.29 is 13.7 Å². The number of anilines is 1. The summed E-state index contributed by atoms with van der Waals surface area (Å²) in [5.41, 5.74) is 2.01. The average molecular weight is 406 g/mol. The molecule has 152 valence electrons. The van der Waals surface area contributed by atoms with Crippen molar-refractivity contribution in [2.24, 2.45) is 5.41 Å². The van der Waals surface area contributed by atoms with E-state index in [0.717, 1.165) is 62.0 Å². The zero-order chi connectivity index (χ0) is 19.9. The van der Waals surface area contributed by atoms with E-state index in [-0.39, 0.29) is 5.41 Å². The third-order valence-electron chi connectivity index (χ3n) is 6.18. The summed E-state index contributed by atoms with van der Waals surface area (Å²) in [6.07, 6.45) is 6.41. The van der Waals surface area contributed by atoms with Crippen molar-refractivity contribution in [1.82, 2.24) is 14.5 Å². The van der Waals surface area contributed by atoms with Crippen LogP contribution in [0.15, 0.2) is 18.3 Å². The lowest BCUT2D eigenvalue weighted by molar-refractivity contribution is 0.236. The summed E-state index contributed by atoms with van der Waals surface area (Å²) >= 11 is 0. The van der Waals surface area contributed by atoms with Crippen LogP contribution in [0.1, 0.15) is 19.3 Å². The minimum atomic E-state index is -2.61. The Morgan fingerprint density at radius 2 is 1.75 bits per heavy atom. The van der Waals surface area contributed by atoms with E-state index in [1.165, 1.54) is 6.26 Å². The highest BCUT2D eigenvalue weighted by Gasteiger charge is 2.42. The molecule has 28 heavy (non-hydrogen) atoms. The van der Waals surface area contributed by atoms with Crippen molar-refractivity contribution in [2.75, 3.05) is 51.6 Å². The van der Waals surface area contributed by atoms with E-state index in [9.17, 15) is 4.21 Å². The van der Waals surface area contributed by atoms with Gasteiger partial charge in [0.1, 0.15) is 9.92 Å². The molecule has 2 fully saturated rings. The molecule has 1 aromatic carbocycles. The fourth-order valence-electron chi connectivity index (χ4n) is 4.44. The summed E-state index contributed by atoms with van der Waals surface area (Å²) in [6.45, 7) is 3.34. The number of aromatic nitrogens is 2. The number of hydrogen-bond donors (Lipinski definition) is 1. The predicted octanol–water partition coefficient (Wildman–Crippen LogP) is 2.53. The van der Waals surface area contributed by atoms with E-state index in [4.69, 9.17) is 14.3 Å². The van der Waals surface area contributed by atoms with Crippen LogP contribution in [0.5, 0.6) is 11.5 Å². The molecule has 9 heteroatoms. The van der Waals surface area contributed by atoms with Gasteiger partial charge in [-0.2, -0.15) is 10.2 Å². The molecule has 2 aliphatic heterocycles. The monoisotopic (exact) mass is 405 g/mol. The quantitative estimate of drug-likeness (QED) is 0.840. The van der Waals surface area contributed by atoms with Crippen LogP contribution in [0.3, 0.4) is 0 Å². The molecule has 0 unspecified atom stereocenters. The lowest BCUT2D eigenvalue weighted by Crippen LogP contribution is -2.42. The zero-order valence-electron chi connectivity index (χ0n) is 16.6. The van der Waals surface area contributed by atoms with Crippen LogP contribution in [0.2, 0.25) is 0 Å². The van der Waals surface area contributed by atoms with E-state index in [1.54, 1.807) is 14.2 Å². The summed E-state index contributed by atoms with van der Waals surface area (Å²) in [4.78, 5) is 2.35. The van der Waals surface area contributed by atoms with Crippen LogP contribution in [0.4, 0.5) is 5.69 Å². The third-order valence-corrected chi connectivity index (χ3v) is 7.48. The van der Waals surface area contributed by atoms with Gasteiger partial charge in [0.15, 0.2) is 11.5 Å². The van der Waals surface area contributed by atoms with Crippen LogP contribution < -0.4 is 14.4 Å². The number of fused-ring (bicyclic) bond motifs is 1. The van der Waals surface area contributed by atoms with Crippen molar-refractivity contribution in [2.45, 2.75) is 19.3 Å². The standard InChI is InChI=1S/C19H27N5O3S/c1-26-17-10-14-15(11-18(17)27-2)22-21-12-16(14)23-7-4-19(5-8-23)6-9-24(13-19)28(3,20)25/h10-12,20H,4-9,13H2,1-3H3/t28-/m0/s1. The van der Waals surface area contributed by atoms with Crippen LogP contribution >= 0.6 is 0 Å². The fourth-order valence-corrected chi connectivity index (χ4v) is 5.40. The molecule has 1 N–H and O–H groups in total. The van der Waals surface area contributed by atoms with Gasteiger partial charge in [-0.3, -0.25) is 0 Å². The molecule has 0 amide bonds. The maximum absolute atomic E-state index is 12.1. The number of nitrogens with zero attached hydrogens (tertiary/aromatic N) is 4. The van der Waals surface area contributed by atoms with Gasteiger partial charge in [0.2, 0.25) is 0 Å². The first-order valence-electron chi connectivity index (χ1n) is 9.46. The Morgan fingerprint density at radius 3 is 2.36 bits per heavy atom. The van der Waals surface area contributed by atoms with Gasteiger partial charge < -0.3 is 14.4 Å². The van der Waals surface area contributed by atoms with E-state index in [2.05, 4.69) is 15.1 Å². The number of rotatable bonds is 4. The predicted molar refractivity (Wildman–Crippen MR) is 109 cm³/mol. The van der Waals surface area contributed by atoms with E-state index in [1.807, 2.05) is 22.6 Å². The molecule has 4 rings (SSSR count). The highest BCUT2D eigenvalue weighted by atomic mass is 32.2. The Hall–Kier alpha value is -2.13. The number of methoxy groups -OCH3 is 2. The van der Waals surface area contributed by atoms with Gasteiger partial charge in [0.25, 0.3) is 0 Å². The number of piperidine rings is 1. The second-order valence-electron chi connectivity index (χ2n) is 7.86. The van der Waals surface area contributed by atoms with Gasteiger partial charge in [-0.25, -0.2) is 13.3 Å². The second-order valence-corrected chi connectivity index (χ2v) is 9.98. The zero-order valence-corrected chi connectivity index (χ0v) is 17.4. The number of nitrogens with one attached hydrogen (secondary N) is 1. The molecular formula is C19H27N5O3S. The van der Waals surface area contributed by atoms with Gasteiger partial charge in [-0.1, -0.05) is 0 Å². The molecule has 0 aliphatic carbocycles. The van der Waals surface area contributed by atoms with E-state index < -0.39 is 9.92 Å². The van der Waals surface area contributed by atoms with Crippen molar-refractivity contribution in [3.05, 3.63) is 18.3 Å². The number of ether oxygens (including phenoxy) is 2. The van der Waals surface area contributed by atoms with Crippen LogP contribution in [-0.4, -0.2) is 65.4 Å². The molecule has 2 saturated heterocycles. The highest BCUT2D eigenvalue weighted by Crippen LogP contribution is 2.43. The average Bonchev–Trinajstić information content (AvgIpc) is 3.11. The second kappa shape index (κ2) is 7.04. The largest absolute Gasteiger partial charge is 0.493 e. The van der Waals surface area contributed by atoms with Crippen molar-refractivity contribution in [3.8, 4) is 11.5 Å². The molecule has 0 saturated carbocycles. The maximum atomic E-state index is 12.1. The van der Waals surface area contributed by atoms with E-state index >= 15 is 0 Å². The Balaban J connectivity index is 1.58. The fraction of sp³-hybridized carbons (Fsp3) is 0.579. The summed E-state index contributed by atoms with van der Waals surface area (Å²) in [7, 11) is 0.633. The lowest BCUT2D eigenvalue weighted by Gasteiger charge is -2.40. The smallest absolute Gasteiger partial charge is 0.162 e. The van der Waals surface area contributed by atoms with Gasteiger partial charge in [-0.05, 0) is 30.7 Å². The lowest BCUT2D eigenvalue weighted by atomic mass is 9.77.